The lowest BCUT2D eigenvalue weighted by atomic mass is 10.2. The molecule has 8 nitrogen and oxygen atoms in total. The standard InChI is InChI=1S/C13H15N3O5/c1-8(6-12(18)19)14-10(17)2-3-11-15-13(16-21-11)9-4-5-20-7-9/h4-5,7-8H,2-3,6H2,1H3,(H,14,17)(H,18,19). The van der Waals surface area contributed by atoms with Crippen LogP contribution in [-0.2, 0) is 16.0 Å². The molecule has 0 bridgehead atoms. The molecule has 1 amide bonds. The number of carboxylic acid groups (broad SMARTS) is 1. The Balaban J connectivity index is 1.80. The molecule has 2 N–H and O–H groups in total. The Hall–Kier alpha value is -2.64. The fourth-order valence-electron chi connectivity index (χ4n) is 1.75. The van der Waals surface area contributed by atoms with Crippen molar-refractivity contribution in [1.29, 1.82) is 0 Å². The third kappa shape index (κ3) is 4.44. The van der Waals surface area contributed by atoms with Gasteiger partial charge >= 0.3 is 5.97 Å². The number of nitrogens with zero attached hydrogens (tertiary/aromatic N) is 2. The maximum Gasteiger partial charge on any atom is 0.305 e. The molecule has 0 fully saturated rings. The summed E-state index contributed by atoms with van der Waals surface area (Å²) in [6.45, 7) is 1.63. The van der Waals surface area contributed by atoms with E-state index in [1.54, 1.807) is 13.0 Å². The highest BCUT2D eigenvalue weighted by Gasteiger charge is 2.14. The molecule has 0 saturated heterocycles. The highest BCUT2D eigenvalue weighted by molar-refractivity contribution is 5.77. The van der Waals surface area contributed by atoms with Crippen LogP contribution in [0, 0.1) is 0 Å². The Labute approximate surface area is 120 Å². The van der Waals surface area contributed by atoms with Gasteiger partial charge in [0.25, 0.3) is 0 Å². The van der Waals surface area contributed by atoms with E-state index in [9.17, 15) is 9.59 Å². The number of aromatic nitrogens is 2. The van der Waals surface area contributed by atoms with Gasteiger partial charge in [-0.05, 0) is 13.0 Å². The van der Waals surface area contributed by atoms with Gasteiger partial charge in [-0.1, -0.05) is 5.16 Å². The number of aryl methyl sites for hydroxylation is 1. The van der Waals surface area contributed by atoms with Crippen molar-refractivity contribution in [3.05, 3.63) is 24.5 Å². The number of carboxylic acids is 1. The van der Waals surface area contributed by atoms with Gasteiger partial charge in [-0.15, -0.1) is 0 Å². The molecule has 2 aromatic rings. The molecule has 0 spiro atoms. The maximum absolute atomic E-state index is 11.6. The Morgan fingerprint density at radius 1 is 1.48 bits per heavy atom. The number of amides is 1. The van der Waals surface area contributed by atoms with Crippen molar-refractivity contribution in [3.63, 3.8) is 0 Å². The highest BCUT2D eigenvalue weighted by Crippen LogP contribution is 2.16. The van der Waals surface area contributed by atoms with E-state index in [4.69, 9.17) is 14.0 Å². The predicted molar refractivity (Wildman–Crippen MR) is 70.2 cm³/mol. The number of carbonyl (C=O) groups is 2. The molecule has 21 heavy (non-hydrogen) atoms. The molecule has 0 aliphatic heterocycles. The first-order valence-electron chi connectivity index (χ1n) is 6.41. The molecular weight excluding hydrogens is 278 g/mol. The van der Waals surface area contributed by atoms with E-state index < -0.39 is 12.0 Å². The summed E-state index contributed by atoms with van der Waals surface area (Å²) >= 11 is 0. The van der Waals surface area contributed by atoms with Crippen molar-refractivity contribution in [3.8, 4) is 11.4 Å². The van der Waals surface area contributed by atoms with Crippen molar-refractivity contribution < 1.29 is 23.6 Å². The number of carbonyl (C=O) groups excluding carboxylic acids is 1. The lowest BCUT2D eigenvalue weighted by Crippen LogP contribution is -2.34. The largest absolute Gasteiger partial charge is 0.481 e. The van der Waals surface area contributed by atoms with Gasteiger partial charge in [-0.25, -0.2) is 0 Å². The van der Waals surface area contributed by atoms with E-state index in [1.807, 2.05) is 0 Å². The zero-order chi connectivity index (χ0) is 15.2. The molecule has 0 radical (unpaired) electrons. The van der Waals surface area contributed by atoms with Crippen LogP contribution < -0.4 is 5.32 Å². The minimum atomic E-state index is -0.954. The fraction of sp³-hybridized carbons (Fsp3) is 0.385. The average Bonchev–Trinajstić information content (AvgIpc) is 3.06. The summed E-state index contributed by atoms with van der Waals surface area (Å²) in [5, 5.41) is 15.0. The third-order valence-corrected chi connectivity index (χ3v) is 2.70. The minimum absolute atomic E-state index is 0.114. The van der Waals surface area contributed by atoms with Gasteiger partial charge in [0.05, 0.1) is 18.2 Å². The molecule has 0 aliphatic carbocycles. The number of hydrogen-bond acceptors (Lipinski definition) is 6. The Kier molecular flexibility index (Phi) is 4.70. The molecule has 2 aromatic heterocycles. The first-order valence-corrected chi connectivity index (χ1v) is 6.41. The molecule has 2 rings (SSSR count). The van der Waals surface area contributed by atoms with Crippen LogP contribution in [0.25, 0.3) is 11.4 Å². The average molecular weight is 293 g/mol. The van der Waals surface area contributed by atoms with Crippen LogP contribution in [-0.4, -0.2) is 33.2 Å². The van der Waals surface area contributed by atoms with Crippen LogP contribution in [0.1, 0.15) is 25.7 Å². The second-order valence-electron chi connectivity index (χ2n) is 4.59. The highest BCUT2D eigenvalue weighted by atomic mass is 16.5. The van der Waals surface area contributed by atoms with Gasteiger partial charge in [-0.3, -0.25) is 9.59 Å². The van der Waals surface area contributed by atoms with Gasteiger partial charge < -0.3 is 19.4 Å². The third-order valence-electron chi connectivity index (χ3n) is 2.70. The van der Waals surface area contributed by atoms with Crippen molar-refractivity contribution >= 4 is 11.9 Å². The first-order chi connectivity index (χ1) is 10.0. The first kappa shape index (κ1) is 14.8. The molecular formula is C13H15N3O5. The molecule has 112 valence electrons. The van der Waals surface area contributed by atoms with Gasteiger partial charge in [0.1, 0.15) is 6.26 Å². The summed E-state index contributed by atoms with van der Waals surface area (Å²) in [5.41, 5.74) is 0.699. The number of furan rings is 1. The maximum atomic E-state index is 11.6. The van der Waals surface area contributed by atoms with Crippen molar-refractivity contribution in [1.82, 2.24) is 15.5 Å². The number of aliphatic carboxylic acids is 1. The van der Waals surface area contributed by atoms with Crippen molar-refractivity contribution in [2.45, 2.75) is 32.2 Å². The molecule has 0 saturated carbocycles. The molecule has 8 heteroatoms. The second kappa shape index (κ2) is 6.69. The second-order valence-corrected chi connectivity index (χ2v) is 4.59. The molecule has 1 unspecified atom stereocenters. The minimum Gasteiger partial charge on any atom is -0.481 e. The van der Waals surface area contributed by atoms with E-state index in [1.165, 1.54) is 12.5 Å². The van der Waals surface area contributed by atoms with Crippen LogP contribution in [0.2, 0.25) is 0 Å². The number of rotatable bonds is 7. The predicted octanol–water partition coefficient (Wildman–Crippen LogP) is 1.24. The molecule has 1 atom stereocenters. The Bertz CT molecular complexity index is 605. The smallest absolute Gasteiger partial charge is 0.305 e. The Morgan fingerprint density at radius 2 is 2.29 bits per heavy atom. The van der Waals surface area contributed by atoms with Crippen molar-refractivity contribution in [2.24, 2.45) is 0 Å². The fourth-order valence-corrected chi connectivity index (χ4v) is 1.75. The van der Waals surface area contributed by atoms with Crippen molar-refractivity contribution in [2.75, 3.05) is 0 Å². The van der Waals surface area contributed by atoms with E-state index in [0.29, 0.717) is 17.3 Å². The van der Waals surface area contributed by atoms with Gasteiger partial charge in [0.2, 0.25) is 17.6 Å². The summed E-state index contributed by atoms with van der Waals surface area (Å²) in [6.07, 6.45) is 3.32. The summed E-state index contributed by atoms with van der Waals surface area (Å²) < 4.78 is 9.95. The van der Waals surface area contributed by atoms with E-state index >= 15 is 0 Å². The normalized spacial score (nSPS) is 12.0. The van der Waals surface area contributed by atoms with Crippen LogP contribution in [0.5, 0.6) is 0 Å². The van der Waals surface area contributed by atoms with E-state index in [-0.39, 0.29) is 25.2 Å². The molecule has 0 aliphatic rings. The SMILES string of the molecule is CC(CC(=O)O)NC(=O)CCc1nc(-c2ccoc2)no1. The zero-order valence-corrected chi connectivity index (χ0v) is 11.4. The summed E-state index contributed by atoms with van der Waals surface area (Å²) in [5.74, 6) is -0.470. The quantitative estimate of drug-likeness (QED) is 0.788. The zero-order valence-electron chi connectivity index (χ0n) is 11.4. The monoisotopic (exact) mass is 293 g/mol. The van der Waals surface area contributed by atoms with Crippen LogP contribution >= 0.6 is 0 Å². The van der Waals surface area contributed by atoms with Crippen LogP contribution in [0.15, 0.2) is 27.5 Å². The van der Waals surface area contributed by atoms with E-state index in [0.717, 1.165) is 0 Å². The topological polar surface area (TPSA) is 118 Å². The Morgan fingerprint density at radius 3 is 2.95 bits per heavy atom. The lowest BCUT2D eigenvalue weighted by molar-refractivity contribution is -0.137. The summed E-state index contributed by atoms with van der Waals surface area (Å²) in [6, 6.07) is 1.29. The summed E-state index contributed by atoms with van der Waals surface area (Å²) in [4.78, 5) is 26.3. The van der Waals surface area contributed by atoms with E-state index in [2.05, 4.69) is 15.5 Å². The molecule has 0 aromatic carbocycles. The van der Waals surface area contributed by atoms with Gasteiger partial charge in [0.15, 0.2) is 0 Å². The number of nitrogens with one attached hydrogen (secondary N) is 1. The van der Waals surface area contributed by atoms with Crippen LogP contribution in [0.3, 0.4) is 0 Å². The van der Waals surface area contributed by atoms with Gasteiger partial charge in [-0.2, -0.15) is 4.98 Å². The van der Waals surface area contributed by atoms with Crippen LogP contribution in [0.4, 0.5) is 0 Å². The number of hydrogen-bond donors (Lipinski definition) is 2. The summed E-state index contributed by atoms with van der Waals surface area (Å²) in [7, 11) is 0. The lowest BCUT2D eigenvalue weighted by Gasteiger charge is -2.10. The molecule has 2 heterocycles. The van der Waals surface area contributed by atoms with Gasteiger partial charge in [0, 0.05) is 18.9 Å².